The number of benzene rings is 2. The summed E-state index contributed by atoms with van der Waals surface area (Å²) in [6, 6.07) is 15.1. The molecule has 10 heteroatoms. The number of aromatic nitrogens is 5. The Morgan fingerprint density at radius 1 is 1.00 bits per heavy atom. The quantitative estimate of drug-likeness (QED) is 0.344. The Balaban J connectivity index is 1.67. The second-order valence-electron chi connectivity index (χ2n) is 7.18. The van der Waals surface area contributed by atoms with Crippen LogP contribution in [0, 0.1) is 5.82 Å². The number of pyridine rings is 1. The topological polar surface area (TPSA) is 94.5 Å². The van der Waals surface area contributed by atoms with Crippen LogP contribution in [-0.4, -0.2) is 24.7 Å². The van der Waals surface area contributed by atoms with Gasteiger partial charge in [0.15, 0.2) is 5.65 Å². The molecule has 5 aromatic rings. The van der Waals surface area contributed by atoms with Crippen LogP contribution in [0.5, 0.6) is 0 Å². The predicted octanol–water partition coefficient (Wildman–Crippen LogP) is 5.52. The van der Waals surface area contributed by atoms with Crippen molar-refractivity contribution in [2.75, 3.05) is 11.1 Å². The van der Waals surface area contributed by atoms with E-state index < -0.39 is 5.82 Å². The van der Waals surface area contributed by atoms with E-state index in [0.29, 0.717) is 39.0 Å². The zero-order valence-electron chi connectivity index (χ0n) is 17.0. The van der Waals surface area contributed by atoms with Crippen LogP contribution in [-0.2, 0) is 6.54 Å². The molecule has 0 unspecified atom stereocenters. The fourth-order valence-corrected chi connectivity index (χ4v) is 3.73. The third kappa shape index (κ3) is 4.06. The van der Waals surface area contributed by atoms with E-state index in [1.807, 2.05) is 12.1 Å². The minimum Gasteiger partial charge on any atom is -0.383 e. The van der Waals surface area contributed by atoms with Gasteiger partial charge in [0, 0.05) is 24.5 Å². The summed E-state index contributed by atoms with van der Waals surface area (Å²) >= 11 is 12.2. The summed E-state index contributed by atoms with van der Waals surface area (Å²) in [5.74, 6) is 0.0984. The molecule has 3 aromatic heterocycles. The van der Waals surface area contributed by atoms with Crippen molar-refractivity contribution in [1.82, 2.24) is 24.7 Å². The Morgan fingerprint density at radius 3 is 2.61 bits per heavy atom. The third-order valence-electron chi connectivity index (χ3n) is 5.02. The number of halogens is 3. The summed E-state index contributed by atoms with van der Waals surface area (Å²) in [7, 11) is 0. The average molecular weight is 480 g/mol. The van der Waals surface area contributed by atoms with Gasteiger partial charge in [-0.2, -0.15) is 4.98 Å². The van der Waals surface area contributed by atoms with E-state index in [9.17, 15) is 4.39 Å². The molecule has 0 atom stereocenters. The summed E-state index contributed by atoms with van der Waals surface area (Å²) in [4.78, 5) is 13.2. The first-order valence-electron chi connectivity index (χ1n) is 9.90. The average Bonchev–Trinajstić information content (AvgIpc) is 3.16. The fraction of sp³-hybridized carbons (Fsp3) is 0.0435. The Bertz CT molecular complexity index is 1470. The van der Waals surface area contributed by atoms with Gasteiger partial charge in [-0.1, -0.05) is 41.4 Å². The molecule has 0 saturated heterocycles. The van der Waals surface area contributed by atoms with Gasteiger partial charge in [0.25, 0.3) is 0 Å². The summed E-state index contributed by atoms with van der Waals surface area (Å²) in [6.45, 7) is 0.430. The molecule has 3 heterocycles. The molecule has 3 N–H and O–H groups in total. The van der Waals surface area contributed by atoms with Crippen molar-refractivity contribution in [3.8, 4) is 16.9 Å². The molecule has 0 amide bonds. The molecule has 0 aliphatic rings. The Hall–Kier alpha value is -3.75. The van der Waals surface area contributed by atoms with E-state index in [-0.39, 0.29) is 17.3 Å². The van der Waals surface area contributed by atoms with Crippen LogP contribution in [0.2, 0.25) is 10.0 Å². The first-order valence-corrected chi connectivity index (χ1v) is 10.7. The number of hydrogen-bond acceptors (Lipinski definition) is 6. The molecular weight excluding hydrogens is 464 g/mol. The van der Waals surface area contributed by atoms with Gasteiger partial charge in [0.1, 0.15) is 11.6 Å². The number of rotatable bonds is 5. The molecule has 0 fully saturated rings. The van der Waals surface area contributed by atoms with E-state index in [1.165, 1.54) is 10.7 Å². The van der Waals surface area contributed by atoms with Gasteiger partial charge < -0.3 is 11.1 Å². The highest BCUT2D eigenvalue weighted by atomic mass is 35.5. The number of anilines is 2. The lowest BCUT2D eigenvalue weighted by atomic mass is 10.1. The number of nitrogens with one attached hydrogen (secondary N) is 1. The second-order valence-corrected chi connectivity index (χ2v) is 8.00. The summed E-state index contributed by atoms with van der Waals surface area (Å²) in [5.41, 5.74) is 8.90. The van der Waals surface area contributed by atoms with E-state index in [4.69, 9.17) is 28.9 Å². The van der Waals surface area contributed by atoms with Gasteiger partial charge in [-0.05, 0) is 42.0 Å². The minimum atomic E-state index is -0.433. The normalized spacial score (nSPS) is 11.1. The summed E-state index contributed by atoms with van der Waals surface area (Å²) in [6.07, 6.45) is 3.43. The summed E-state index contributed by atoms with van der Waals surface area (Å²) < 4.78 is 16.2. The van der Waals surface area contributed by atoms with Gasteiger partial charge >= 0.3 is 0 Å². The molecule has 0 bridgehead atoms. The smallest absolute Gasteiger partial charge is 0.225 e. The molecule has 5 rings (SSSR count). The van der Waals surface area contributed by atoms with E-state index in [1.54, 1.807) is 48.8 Å². The monoisotopic (exact) mass is 479 g/mol. The standard InChI is InChI=1S/C23H16Cl2FN7/c24-16-8-7-14(10-17(16)25)33-21(27)19-20(15-5-1-2-6-18(15)26)30-23(31-22(19)32-33)29-12-13-4-3-9-28-11-13/h1-11H,12,27H2,(H,29,31,32). The van der Waals surface area contributed by atoms with Crippen LogP contribution in [0.25, 0.3) is 28.0 Å². The number of nitrogens with two attached hydrogens (primary N) is 1. The van der Waals surface area contributed by atoms with Crippen molar-refractivity contribution in [3.05, 3.63) is 88.4 Å². The highest BCUT2D eigenvalue weighted by molar-refractivity contribution is 6.42. The minimum absolute atomic E-state index is 0.250. The lowest BCUT2D eigenvalue weighted by Gasteiger charge is -2.09. The maximum Gasteiger partial charge on any atom is 0.225 e. The lowest BCUT2D eigenvalue weighted by Crippen LogP contribution is -2.05. The van der Waals surface area contributed by atoms with Gasteiger partial charge in [-0.15, -0.1) is 5.10 Å². The van der Waals surface area contributed by atoms with Crippen LogP contribution in [0.1, 0.15) is 5.56 Å². The van der Waals surface area contributed by atoms with E-state index in [0.717, 1.165) is 5.56 Å². The van der Waals surface area contributed by atoms with Crippen molar-refractivity contribution >= 4 is 46.0 Å². The fourth-order valence-electron chi connectivity index (χ4n) is 3.44. The number of nitrogen functional groups attached to an aromatic ring is 1. The highest BCUT2D eigenvalue weighted by Crippen LogP contribution is 2.35. The molecule has 0 spiro atoms. The zero-order chi connectivity index (χ0) is 22.9. The first kappa shape index (κ1) is 21.1. The molecular formula is C23H16Cl2FN7. The third-order valence-corrected chi connectivity index (χ3v) is 5.76. The van der Waals surface area contributed by atoms with E-state index >= 15 is 0 Å². The van der Waals surface area contributed by atoms with Crippen LogP contribution in [0.3, 0.4) is 0 Å². The van der Waals surface area contributed by atoms with Crippen molar-refractivity contribution in [1.29, 1.82) is 0 Å². The maximum atomic E-state index is 14.8. The second kappa shape index (κ2) is 8.65. The maximum absolute atomic E-state index is 14.8. The molecule has 0 aliphatic carbocycles. The predicted molar refractivity (Wildman–Crippen MR) is 128 cm³/mol. The molecule has 0 aliphatic heterocycles. The number of fused-ring (bicyclic) bond motifs is 1. The van der Waals surface area contributed by atoms with Crippen LogP contribution < -0.4 is 11.1 Å². The molecule has 0 saturated carbocycles. The zero-order valence-corrected chi connectivity index (χ0v) is 18.5. The Kier molecular flexibility index (Phi) is 5.53. The van der Waals surface area contributed by atoms with Crippen molar-refractivity contribution in [2.45, 2.75) is 6.54 Å². The highest BCUT2D eigenvalue weighted by Gasteiger charge is 2.21. The van der Waals surface area contributed by atoms with E-state index in [2.05, 4.69) is 25.4 Å². The van der Waals surface area contributed by atoms with Gasteiger partial charge in [0.05, 0.1) is 26.8 Å². The van der Waals surface area contributed by atoms with Gasteiger partial charge in [-0.3, -0.25) is 4.98 Å². The molecule has 0 radical (unpaired) electrons. The van der Waals surface area contributed by atoms with Gasteiger partial charge in [-0.25, -0.2) is 14.1 Å². The molecule has 7 nitrogen and oxygen atoms in total. The lowest BCUT2D eigenvalue weighted by molar-refractivity contribution is 0.631. The molecule has 2 aromatic carbocycles. The SMILES string of the molecule is Nc1c2c(-c3ccccc3F)nc(NCc3cccnc3)nc2nn1-c1ccc(Cl)c(Cl)c1. The van der Waals surface area contributed by atoms with Crippen molar-refractivity contribution < 1.29 is 4.39 Å². The Morgan fingerprint density at radius 2 is 1.85 bits per heavy atom. The van der Waals surface area contributed by atoms with Crippen molar-refractivity contribution in [2.24, 2.45) is 0 Å². The number of hydrogen-bond donors (Lipinski definition) is 2. The molecule has 33 heavy (non-hydrogen) atoms. The van der Waals surface area contributed by atoms with Crippen molar-refractivity contribution in [3.63, 3.8) is 0 Å². The van der Waals surface area contributed by atoms with Crippen LogP contribution in [0.15, 0.2) is 67.0 Å². The van der Waals surface area contributed by atoms with Crippen LogP contribution in [0.4, 0.5) is 16.2 Å². The Labute approximate surface area is 198 Å². The molecule has 164 valence electrons. The largest absolute Gasteiger partial charge is 0.383 e. The van der Waals surface area contributed by atoms with Gasteiger partial charge in [0.2, 0.25) is 5.95 Å². The first-order chi connectivity index (χ1) is 16.0. The summed E-state index contributed by atoms with van der Waals surface area (Å²) in [5, 5.41) is 8.89. The number of nitrogens with zero attached hydrogens (tertiary/aromatic N) is 5. The van der Waals surface area contributed by atoms with Crippen LogP contribution >= 0.6 is 23.2 Å².